The monoisotopic (exact) mass is 390 g/mol. The highest BCUT2D eigenvalue weighted by molar-refractivity contribution is 6.34. The van der Waals surface area contributed by atoms with Gasteiger partial charge in [0, 0.05) is 18.7 Å². The molecule has 7 nitrogen and oxygen atoms in total. The third-order valence-corrected chi connectivity index (χ3v) is 4.82. The quantitative estimate of drug-likeness (QED) is 0.463. The van der Waals surface area contributed by atoms with Crippen LogP contribution in [0.4, 0.5) is 11.4 Å². The number of carbonyl (C=O) groups is 1. The predicted octanol–water partition coefficient (Wildman–Crippen LogP) is 4.37. The molecule has 0 spiro atoms. The normalized spacial score (nSPS) is 19.3. The summed E-state index contributed by atoms with van der Waals surface area (Å²) in [5.41, 5.74) is 1.09. The molecule has 0 radical (unpaired) electrons. The number of ether oxygens (including phenoxy) is 2. The molecule has 2 atom stereocenters. The van der Waals surface area contributed by atoms with Crippen molar-refractivity contribution < 1.29 is 19.2 Å². The Balaban J connectivity index is 1.83. The van der Waals surface area contributed by atoms with Gasteiger partial charge in [0.05, 0.1) is 28.7 Å². The van der Waals surface area contributed by atoms with Gasteiger partial charge >= 0.3 is 5.97 Å². The zero-order valence-electron chi connectivity index (χ0n) is 14.7. The number of esters is 1. The number of hydrogen-bond acceptors (Lipinski definition) is 6. The molecular formula is C19H19ClN2O5. The van der Waals surface area contributed by atoms with Crippen molar-refractivity contribution in [1.29, 1.82) is 0 Å². The van der Waals surface area contributed by atoms with Crippen LogP contribution in [0.5, 0.6) is 0 Å². The summed E-state index contributed by atoms with van der Waals surface area (Å²) in [7, 11) is 1.20. The van der Waals surface area contributed by atoms with Gasteiger partial charge in [0.1, 0.15) is 5.69 Å². The Labute approximate surface area is 161 Å². The number of nitrogens with zero attached hydrogens (tertiary/aromatic N) is 1. The van der Waals surface area contributed by atoms with E-state index in [1.165, 1.54) is 13.2 Å². The molecule has 3 rings (SSSR count). The topological polar surface area (TPSA) is 90.7 Å². The fourth-order valence-corrected chi connectivity index (χ4v) is 3.38. The molecule has 0 aliphatic carbocycles. The number of hydrogen-bond donors (Lipinski definition) is 1. The number of nitro benzene ring substituents is 1. The van der Waals surface area contributed by atoms with Crippen LogP contribution in [0.2, 0.25) is 5.02 Å². The highest BCUT2D eigenvalue weighted by Crippen LogP contribution is 2.35. The highest BCUT2D eigenvalue weighted by Gasteiger charge is 2.27. The zero-order chi connectivity index (χ0) is 19.4. The molecule has 1 N–H and O–H groups in total. The number of nitrogens with one attached hydrogen (secondary N) is 1. The van der Waals surface area contributed by atoms with Crippen molar-refractivity contribution >= 4 is 28.9 Å². The van der Waals surface area contributed by atoms with Gasteiger partial charge in [-0.05, 0) is 24.5 Å². The molecule has 27 heavy (non-hydrogen) atoms. The van der Waals surface area contributed by atoms with Gasteiger partial charge in [-0.25, -0.2) is 4.79 Å². The van der Waals surface area contributed by atoms with Gasteiger partial charge in [0.15, 0.2) is 0 Å². The van der Waals surface area contributed by atoms with Gasteiger partial charge in [-0.15, -0.1) is 0 Å². The standard InChI is InChI=1S/C19H19ClN2O5/c1-26-19(23)14-10-17(22(24)25)16(11-15(14)20)21-13-7-8-27-18(9-13)12-5-3-2-4-6-12/h2-6,10-11,13,18,21H,7-9H2,1H3. The summed E-state index contributed by atoms with van der Waals surface area (Å²) < 4.78 is 10.5. The van der Waals surface area contributed by atoms with E-state index in [9.17, 15) is 14.9 Å². The van der Waals surface area contributed by atoms with Crippen molar-refractivity contribution in [3.8, 4) is 0 Å². The van der Waals surface area contributed by atoms with Crippen molar-refractivity contribution in [2.75, 3.05) is 19.0 Å². The van der Waals surface area contributed by atoms with Gasteiger partial charge in [0.2, 0.25) is 0 Å². The van der Waals surface area contributed by atoms with Crippen LogP contribution in [0.3, 0.4) is 0 Å². The fourth-order valence-electron chi connectivity index (χ4n) is 3.14. The van der Waals surface area contributed by atoms with Crippen molar-refractivity contribution in [1.82, 2.24) is 0 Å². The minimum Gasteiger partial charge on any atom is -0.465 e. The molecule has 0 aromatic heterocycles. The molecule has 1 aliphatic heterocycles. The summed E-state index contributed by atoms with van der Waals surface area (Å²) in [6.45, 7) is 0.541. The zero-order valence-corrected chi connectivity index (χ0v) is 15.4. The summed E-state index contributed by atoms with van der Waals surface area (Å²) in [5, 5.41) is 14.8. The second-order valence-corrected chi connectivity index (χ2v) is 6.64. The number of nitro groups is 1. The molecular weight excluding hydrogens is 372 g/mol. The molecule has 1 heterocycles. The van der Waals surface area contributed by atoms with Crippen LogP contribution < -0.4 is 5.32 Å². The Morgan fingerprint density at radius 3 is 2.74 bits per heavy atom. The highest BCUT2D eigenvalue weighted by atomic mass is 35.5. The molecule has 2 aromatic rings. The Bertz CT molecular complexity index is 843. The SMILES string of the molecule is COC(=O)c1cc([N+](=O)[O-])c(NC2CCOC(c3ccccc3)C2)cc1Cl. The van der Waals surface area contributed by atoms with Crippen molar-refractivity contribution in [2.24, 2.45) is 0 Å². The Morgan fingerprint density at radius 1 is 1.33 bits per heavy atom. The van der Waals surface area contributed by atoms with Gasteiger partial charge in [-0.3, -0.25) is 10.1 Å². The van der Waals surface area contributed by atoms with E-state index >= 15 is 0 Å². The minimum atomic E-state index is -0.718. The molecule has 2 unspecified atom stereocenters. The first-order valence-electron chi connectivity index (χ1n) is 8.49. The summed E-state index contributed by atoms with van der Waals surface area (Å²) in [5.74, 6) is -0.718. The van der Waals surface area contributed by atoms with E-state index in [0.29, 0.717) is 19.4 Å². The van der Waals surface area contributed by atoms with E-state index in [2.05, 4.69) is 10.1 Å². The smallest absolute Gasteiger partial charge is 0.339 e. The lowest BCUT2D eigenvalue weighted by molar-refractivity contribution is -0.384. The molecule has 142 valence electrons. The third-order valence-electron chi connectivity index (χ3n) is 4.50. The molecule has 8 heteroatoms. The van der Waals surface area contributed by atoms with E-state index in [1.807, 2.05) is 30.3 Å². The summed E-state index contributed by atoms with van der Waals surface area (Å²) in [4.78, 5) is 22.7. The number of carbonyl (C=O) groups excluding carboxylic acids is 1. The Kier molecular flexibility index (Phi) is 5.93. The average molecular weight is 391 g/mol. The fraction of sp³-hybridized carbons (Fsp3) is 0.316. The number of anilines is 1. The maximum atomic E-state index is 11.7. The third kappa shape index (κ3) is 4.37. The lowest BCUT2D eigenvalue weighted by atomic mass is 9.97. The largest absolute Gasteiger partial charge is 0.465 e. The molecule has 1 fully saturated rings. The molecule has 1 saturated heterocycles. The van der Waals surface area contributed by atoms with Crippen LogP contribution in [0.1, 0.15) is 34.9 Å². The first-order valence-corrected chi connectivity index (χ1v) is 8.86. The van der Waals surface area contributed by atoms with Crippen molar-refractivity contribution in [2.45, 2.75) is 25.0 Å². The number of methoxy groups -OCH3 is 1. The van der Waals surface area contributed by atoms with E-state index in [1.54, 1.807) is 0 Å². The Hall–Kier alpha value is -2.64. The van der Waals surface area contributed by atoms with Crippen molar-refractivity contribution in [3.63, 3.8) is 0 Å². The van der Waals surface area contributed by atoms with Crippen LogP contribution in [0.15, 0.2) is 42.5 Å². The van der Waals surface area contributed by atoms with Crippen LogP contribution in [0.25, 0.3) is 0 Å². The molecule has 2 aromatic carbocycles. The lowest BCUT2D eigenvalue weighted by Crippen LogP contribution is -2.30. The second kappa shape index (κ2) is 8.37. The van der Waals surface area contributed by atoms with E-state index < -0.39 is 10.9 Å². The van der Waals surface area contributed by atoms with Crippen LogP contribution >= 0.6 is 11.6 Å². The molecule has 1 aliphatic rings. The number of benzene rings is 2. The van der Waals surface area contributed by atoms with Crippen LogP contribution in [-0.2, 0) is 9.47 Å². The van der Waals surface area contributed by atoms with E-state index in [-0.39, 0.29) is 34.1 Å². The van der Waals surface area contributed by atoms with Crippen LogP contribution in [0, 0.1) is 10.1 Å². The van der Waals surface area contributed by atoms with Gasteiger partial charge in [0.25, 0.3) is 5.69 Å². The van der Waals surface area contributed by atoms with Gasteiger partial charge in [-0.1, -0.05) is 41.9 Å². The maximum absolute atomic E-state index is 11.7. The van der Waals surface area contributed by atoms with Crippen LogP contribution in [-0.4, -0.2) is 30.7 Å². The molecule has 0 saturated carbocycles. The number of rotatable bonds is 5. The first-order chi connectivity index (χ1) is 13.0. The number of halogens is 1. The summed E-state index contributed by atoms with van der Waals surface area (Å²) in [6.07, 6.45) is 1.29. The van der Waals surface area contributed by atoms with Crippen molar-refractivity contribution in [3.05, 3.63) is 68.7 Å². The molecule has 0 bridgehead atoms. The first kappa shape index (κ1) is 19.1. The average Bonchev–Trinajstić information content (AvgIpc) is 2.68. The minimum absolute atomic E-state index is 0.0253. The molecule has 0 amide bonds. The maximum Gasteiger partial charge on any atom is 0.339 e. The summed E-state index contributed by atoms with van der Waals surface area (Å²) >= 11 is 6.13. The lowest BCUT2D eigenvalue weighted by Gasteiger charge is -2.31. The predicted molar refractivity (Wildman–Crippen MR) is 101 cm³/mol. The summed E-state index contributed by atoms with van der Waals surface area (Å²) in [6, 6.07) is 12.4. The second-order valence-electron chi connectivity index (χ2n) is 6.23. The van der Waals surface area contributed by atoms with Gasteiger partial charge in [-0.2, -0.15) is 0 Å². The van der Waals surface area contributed by atoms with E-state index in [0.717, 1.165) is 11.6 Å². The Morgan fingerprint density at radius 2 is 2.07 bits per heavy atom. The van der Waals surface area contributed by atoms with E-state index in [4.69, 9.17) is 16.3 Å². The van der Waals surface area contributed by atoms with Gasteiger partial charge < -0.3 is 14.8 Å².